The van der Waals surface area contributed by atoms with E-state index in [9.17, 15) is 0 Å². The average Bonchev–Trinajstić information content (AvgIpc) is 3.55. The number of rotatable bonds is 6. The standard InChI is InChI=1S/C24H30N6O.C4H4O/c1-15(2)29(23(25)26)19-9-5-17(6-10-19)21-13-14-22(31-21)18-7-11-20(12-8-18)30(16(3)4)24(27)28;1-2-4-5-3-1/h5-16H,1-4H3,(H3,25,26)(H3,27,28);1-4H. The maximum absolute atomic E-state index is 7.79. The van der Waals surface area contributed by atoms with Crippen molar-refractivity contribution in [2.45, 2.75) is 39.8 Å². The van der Waals surface area contributed by atoms with Crippen LogP contribution in [-0.2, 0) is 0 Å². The first-order valence-electron chi connectivity index (χ1n) is 11.7. The second-order valence-electron chi connectivity index (χ2n) is 8.75. The van der Waals surface area contributed by atoms with Crippen LogP contribution >= 0.6 is 0 Å². The molecule has 0 radical (unpaired) electrons. The third-order valence-electron chi connectivity index (χ3n) is 5.44. The molecule has 6 N–H and O–H groups in total. The molecular formula is C28H34N6O2. The summed E-state index contributed by atoms with van der Waals surface area (Å²) < 4.78 is 10.7. The van der Waals surface area contributed by atoms with Crippen LogP contribution in [0.2, 0.25) is 0 Å². The van der Waals surface area contributed by atoms with E-state index in [0.717, 1.165) is 34.0 Å². The fourth-order valence-electron chi connectivity index (χ4n) is 3.88. The highest BCUT2D eigenvalue weighted by atomic mass is 16.3. The van der Waals surface area contributed by atoms with E-state index in [1.54, 1.807) is 22.3 Å². The van der Waals surface area contributed by atoms with Crippen LogP contribution in [0.5, 0.6) is 0 Å². The van der Waals surface area contributed by atoms with Crippen molar-refractivity contribution in [2.75, 3.05) is 9.80 Å². The van der Waals surface area contributed by atoms with Crippen LogP contribution in [0.15, 0.2) is 94.2 Å². The van der Waals surface area contributed by atoms with Gasteiger partial charge in [0.25, 0.3) is 0 Å². The Balaban J connectivity index is 0.000000642. The molecular weight excluding hydrogens is 452 g/mol. The molecule has 8 heteroatoms. The number of guanidine groups is 2. The Bertz CT molecular complexity index is 1140. The third kappa shape index (κ3) is 6.35. The number of nitrogens with two attached hydrogens (primary N) is 2. The number of nitrogens with zero attached hydrogens (tertiary/aromatic N) is 2. The minimum Gasteiger partial charge on any atom is -0.473 e. The summed E-state index contributed by atoms with van der Waals surface area (Å²) in [6.07, 6.45) is 3.25. The topological polar surface area (TPSA) is 132 Å². The molecule has 4 rings (SSSR count). The predicted molar refractivity (Wildman–Crippen MR) is 147 cm³/mol. The number of nitrogens with one attached hydrogen (secondary N) is 2. The lowest BCUT2D eigenvalue weighted by atomic mass is 10.1. The SMILES string of the molecule is CC(C)N(C(=N)N)c1ccc(-c2ccc(-c3ccc(N(C(=N)N)C(C)C)cc3)o2)cc1.c1ccoc1. The van der Waals surface area contributed by atoms with Crippen LogP contribution in [-0.4, -0.2) is 24.0 Å². The van der Waals surface area contributed by atoms with Gasteiger partial charge in [0.05, 0.1) is 12.5 Å². The number of furan rings is 2. The zero-order chi connectivity index (χ0) is 26.2. The predicted octanol–water partition coefficient (Wildman–Crippen LogP) is 6.11. The molecule has 0 atom stereocenters. The van der Waals surface area contributed by atoms with Crippen molar-refractivity contribution in [1.29, 1.82) is 10.8 Å². The van der Waals surface area contributed by atoms with Gasteiger partial charge in [-0.1, -0.05) is 0 Å². The molecule has 0 saturated heterocycles. The van der Waals surface area contributed by atoms with Crippen LogP contribution < -0.4 is 21.3 Å². The first-order chi connectivity index (χ1) is 17.2. The molecule has 2 aromatic carbocycles. The highest BCUT2D eigenvalue weighted by Crippen LogP contribution is 2.31. The summed E-state index contributed by atoms with van der Waals surface area (Å²) in [6.45, 7) is 7.98. The van der Waals surface area contributed by atoms with Crippen molar-refractivity contribution in [3.63, 3.8) is 0 Å². The van der Waals surface area contributed by atoms with E-state index in [4.69, 9.17) is 26.7 Å². The van der Waals surface area contributed by atoms with E-state index in [-0.39, 0.29) is 24.0 Å². The summed E-state index contributed by atoms with van der Waals surface area (Å²) in [4.78, 5) is 3.53. The summed E-state index contributed by atoms with van der Waals surface area (Å²) in [7, 11) is 0. The molecule has 188 valence electrons. The zero-order valence-electron chi connectivity index (χ0n) is 21.1. The second-order valence-corrected chi connectivity index (χ2v) is 8.75. The summed E-state index contributed by atoms with van der Waals surface area (Å²) in [5.74, 6) is 1.56. The van der Waals surface area contributed by atoms with Gasteiger partial charge in [-0.3, -0.25) is 10.8 Å². The number of benzene rings is 2. The van der Waals surface area contributed by atoms with Gasteiger partial charge in [0.15, 0.2) is 11.9 Å². The molecule has 0 spiro atoms. The molecule has 0 unspecified atom stereocenters. The van der Waals surface area contributed by atoms with E-state index in [1.807, 2.05) is 100 Å². The molecule has 8 nitrogen and oxygen atoms in total. The van der Waals surface area contributed by atoms with Crippen molar-refractivity contribution in [3.8, 4) is 22.6 Å². The summed E-state index contributed by atoms with van der Waals surface area (Å²) in [6, 6.07) is 23.4. The molecule has 0 bridgehead atoms. The van der Waals surface area contributed by atoms with Crippen molar-refractivity contribution in [2.24, 2.45) is 11.5 Å². The van der Waals surface area contributed by atoms with Crippen molar-refractivity contribution >= 4 is 23.3 Å². The minimum absolute atomic E-state index is 0.0206. The van der Waals surface area contributed by atoms with Gasteiger partial charge in [-0.05, 0) is 100 Å². The highest BCUT2D eigenvalue weighted by Gasteiger charge is 2.16. The Morgan fingerprint density at radius 3 is 1.25 bits per heavy atom. The first-order valence-corrected chi connectivity index (χ1v) is 11.7. The van der Waals surface area contributed by atoms with E-state index < -0.39 is 0 Å². The van der Waals surface area contributed by atoms with Gasteiger partial charge >= 0.3 is 0 Å². The summed E-state index contributed by atoms with van der Waals surface area (Å²) in [5, 5.41) is 15.6. The van der Waals surface area contributed by atoms with Crippen LogP contribution in [0.1, 0.15) is 27.7 Å². The van der Waals surface area contributed by atoms with Crippen molar-refractivity contribution in [1.82, 2.24) is 0 Å². The fraction of sp³-hybridized carbons (Fsp3) is 0.214. The molecule has 0 amide bonds. The Morgan fingerprint density at radius 1 is 0.639 bits per heavy atom. The van der Waals surface area contributed by atoms with E-state index in [2.05, 4.69) is 4.42 Å². The second kappa shape index (κ2) is 11.8. The molecule has 2 heterocycles. The molecule has 0 aliphatic rings. The Kier molecular flexibility index (Phi) is 8.57. The van der Waals surface area contributed by atoms with Gasteiger partial charge in [0.2, 0.25) is 0 Å². The van der Waals surface area contributed by atoms with Crippen LogP contribution in [0.25, 0.3) is 22.6 Å². The van der Waals surface area contributed by atoms with Crippen molar-refractivity contribution < 1.29 is 8.83 Å². The quantitative estimate of drug-likeness (QED) is 0.192. The lowest BCUT2D eigenvalue weighted by Gasteiger charge is -2.27. The lowest BCUT2D eigenvalue weighted by molar-refractivity contribution is 0.567. The first kappa shape index (κ1) is 26.2. The summed E-state index contributed by atoms with van der Waals surface area (Å²) in [5.41, 5.74) is 15.1. The fourth-order valence-corrected chi connectivity index (χ4v) is 3.88. The van der Waals surface area contributed by atoms with Gasteiger partial charge in [0.1, 0.15) is 11.5 Å². The number of anilines is 2. The Hall–Kier alpha value is -4.46. The van der Waals surface area contributed by atoms with Crippen LogP contribution in [0.3, 0.4) is 0 Å². The van der Waals surface area contributed by atoms with E-state index in [0.29, 0.717) is 0 Å². The lowest BCUT2D eigenvalue weighted by Crippen LogP contribution is -2.41. The van der Waals surface area contributed by atoms with Gasteiger partial charge in [-0.25, -0.2) is 0 Å². The van der Waals surface area contributed by atoms with Gasteiger partial charge in [-0.15, -0.1) is 0 Å². The molecule has 0 fully saturated rings. The monoisotopic (exact) mass is 486 g/mol. The molecule has 0 saturated carbocycles. The molecule has 0 aliphatic heterocycles. The largest absolute Gasteiger partial charge is 0.473 e. The molecule has 4 aromatic rings. The smallest absolute Gasteiger partial charge is 0.193 e. The van der Waals surface area contributed by atoms with Crippen LogP contribution in [0, 0.1) is 10.8 Å². The van der Waals surface area contributed by atoms with Crippen molar-refractivity contribution in [3.05, 3.63) is 85.3 Å². The molecule has 2 aromatic heterocycles. The maximum atomic E-state index is 7.79. The average molecular weight is 487 g/mol. The maximum Gasteiger partial charge on any atom is 0.193 e. The number of hydrogen-bond acceptors (Lipinski definition) is 4. The third-order valence-corrected chi connectivity index (χ3v) is 5.44. The Labute approximate surface area is 212 Å². The molecule has 0 aliphatic carbocycles. The normalized spacial score (nSPS) is 10.6. The molecule has 36 heavy (non-hydrogen) atoms. The number of hydrogen-bond donors (Lipinski definition) is 4. The van der Waals surface area contributed by atoms with Gasteiger partial charge < -0.3 is 30.1 Å². The highest BCUT2D eigenvalue weighted by molar-refractivity contribution is 5.94. The van der Waals surface area contributed by atoms with Gasteiger partial charge in [-0.2, -0.15) is 0 Å². The van der Waals surface area contributed by atoms with E-state index >= 15 is 0 Å². The Morgan fingerprint density at radius 2 is 1.00 bits per heavy atom. The zero-order valence-corrected chi connectivity index (χ0v) is 21.1. The minimum atomic E-state index is 0.0206. The van der Waals surface area contributed by atoms with Crippen LogP contribution in [0.4, 0.5) is 11.4 Å². The van der Waals surface area contributed by atoms with Gasteiger partial charge in [0, 0.05) is 34.6 Å². The van der Waals surface area contributed by atoms with E-state index in [1.165, 1.54) is 0 Å². The summed E-state index contributed by atoms with van der Waals surface area (Å²) >= 11 is 0.